The molecule has 1 aliphatic rings. The third-order valence-electron chi connectivity index (χ3n) is 3.37. The van der Waals surface area contributed by atoms with Gasteiger partial charge in [0.15, 0.2) is 11.5 Å². The van der Waals surface area contributed by atoms with Crippen molar-refractivity contribution < 1.29 is 14.6 Å². The van der Waals surface area contributed by atoms with Crippen molar-refractivity contribution >= 4 is 0 Å². The number of hydrogen-bond donors (Lipinski definition) is 1. The molecule has 3 heteroatoms. The van der Waals surface area contributed by atoms with Crippen molar-refractivity contribution in [1.29, 1.82) is 0 Å². The molecule has 0 spiro atoms. The standard InChI is InChI=1S/C16H22O3/c1-3-18-14-9-8-13(12-15(14)19-4-2)16(17)10-6-5-7-11-16/h6,8-10,12,17H,3-5,7,11H2,1-2H3. The fourth-order valence-electron chi connectivity index (χ4n) is 2.41. The van der Waals surface area contributed by atoms with Crippen LogP contribution in [-0.4, -0.2) is 18.3 Å². The van der Waals surface area contributed by atoms with Crippen molar-refractivity contribution in [2.75, 3.05) is 13.2 Å². The first-order valence-electron chi connectivity index (χ1n) is 7.00. The first-order chi connectivity index (χ1) is 9.19. The van der Waals surface area contributed by atoms with E-state index >= 15 is 0 Å². The Kier molecular flexibility index (Phi) is 4.48. The van der Waals surface area contributed by atoms with Gasteiger partial charge in [0.05, 0.1) is 13.2 Å². The van der Waals surface area contributed by atoms with Crippen LogP contribution in [0.1, 0.15) is 38.7 Å². The Morgan fingerprint density at radius 1 is 1.16 bits per heavy atom. The summed E-state index contributed by atoms with van der Waals surface area (Å²) in [7, 11) is 0. The zero-order valence-electron chi connectivity index (χ0n) is 11.7. The second kappa shape index (κ2) is 6.11. The molecule has 1 atom stereocenters. The SMILES string of the molecule is CCOc1ccc(C2(O)C=CCCC2)cc1OCC. The van der Waals surface area contributed by atoms with Gasteiger partial charge in [-0.15, -0.1) is 0 Å². The van der Waals surface area contributed by atoms with E-state index in [-0.39, 0.29) is 0 Å². The van der Waals surface area contributed by atoms with Crippen LogP contribution in [0.25, 0.3) is 0 Å². The molecule has 1 aromatic rings. The quantitative estimate of drug-likeness (QED) is 0.826. The topological polar surface area (TPSA) is 38.7 Å². The van der Waals surface area contributed by atoms with E-state index in [4.69, 9.17) is 9.47 Å². The van der Waals surface area contributed by atoms with Gasteiger partial charge in [0, 0.05) is 0 Å². The number of aliphatic hydroxyl groups is 1. The second-order valence-corrected chi connectivity index (χ2v) is 4.75. The number of allylic oxidation sites excluding steroid dienone is 1. The van der Waals surface area contributed by atoms with Gasteiger partial charge in [0.1, 0.15) is 5.60 Å². The Balaban J connectivity index is 2.34. The minimum absolute atomic E-state index is 0.581. The summed E-state index contributed by atoms with van der Waals surface area (Å²) in [4.78, 5) is 0. The molecule has 1 aromatic carbocycles. The fraction of sp³-hybridized carbons (Fsp3) is 0.500. The van der Waals surface area contributed by atoms with Gasteiger partial charge < -0.3 is 14.6 Å². The lowest BCUT2D eigenvalue weighted by atomic mass is 9.84. The highest BCUT2D eigenvalue weighted by molar-refractivity contribution is 5.46. The third-order valence-corrected chi connectivity index (χ3v) is 3.37. The highest BCUT2D eigenvalue weighted by atomic mass is 16.5. The maximum atomic E-state index is 10.7. The molecule has 0 amide bonds. The summed E-state index contributed by atoms with van der Waals surface area (Å²) in [5.41, 5.74) is 0.00447. The molecule has 0 saturated carbocycles. The van der Waals surface area contributed by atoms with Gasteiger partial charge in [0.2, 0.25) is 0 Å². The third kappa shape index (κ3) is 3.10. The maximum Gasteiger partial charge on any atom is 0.161 e. The number of ether oxygens (including phenoxy) is 2. The van der Waals surface area contributed by atoms with E-state index in [2.05, 4.69) is 0 Å². The molecule has 2 rings (SSSR count). The fourth-order valence-corrected chi connectivity index (χ4v) is 2.41. The molecule has 0 aliphatic heterocycles. The van der Waals surface area contributed by atoms with Crippen LogP contribution < -0.4 is 9.47 Å². The van der Waals surface area contributed by atoms with Crippen molar-refractivity contribution in [1.82, 2.24) is 0 Å². The molecule has 0 heterocycles. The first-order valence-corrected chi connectivity index (χ1v) is 7.00. The molecule has 19 heavy (non-hydrogen) atoms. The van der Waals surface area contributed by atoms with Crippen molar-refractivity contribution in [2.24, 2.45) is 0 Å². The van der Waals surface area contributed by atoms with Crippen LogP contribution in [0.15, 0.2) is 30.4 Å². The van der Waals surface area contributed by atoms with E-state index in [0.29, 0.717) is 19.0 Å². The predicted octanol–water partition coefficient (Wildman–Crippen LogP) is 3.41. The van der Waals surface area contributed by atoms with Gasteiger partial charge in [-0.3, -0.25) is 0 Å². The van der Waals surface area contributed by atoms with Gasteiger partial charge in [-0.2, -0.15) is 0 Å². The Bertz CT molecular complexity index is 453. The second-order valence-electron chi connectivity index (χ2n) is 4.75. The highest BCUT2D eigenvalue weighted by Gasteiger charge is 2.28. The Hall–Kier alpha value is -1.48. The van der Waals surface area contributed by atoms with Crippen molar-refractivity contribution in [3.05, 3.63) is 35.9 Å². The Morgan fingerprint density at radius 2 is 1.89 bits per heavy atom. The summed E-state index contributed by atoms with van der Waals surface area (Å²) >= 11 is 0. The van der Waals surface area contributed by atoms with Gasteiger partial charge in [-0.05, 0) is 50.8 Å². The van der Waals surface area contributed by atoms with Crippen molar-refractivity contribution in [3.63, 3.8) is 0 Å². The monoisotopic (exact) mass is 262 g/mol. The molecule has 0 fully saturated rings. The lowest BCUT2D eigenvalue weighted by Gasteiger charge is -2.28. The molecule has 3 nitrogen and oxygen atoms in total. The molecule has 0 saturated heterocycles. The van der Waals surface area contributed by atoms with Crippen LogP contribution in [0.4, 0.5) is 0 Å². The smallest absolute Gasteiger partial charge is 0.161 e. The zero-order valence-corrected chi connectivity index (χ0v) is 11.7. The van der Waals surface area contributed by atoms with Crippen LogP contribution in [0.5, 0.6) is 11.5 Å². The summed E-state index contributed by atoms with van der Waals surface area (Å²) in [5.74, 6) is 1.44. The molecule has 104 valence electrons. The van der Waals surface area contributed by atoms with E-state index in [0.717, 1.165) is 30.6 Å². The van der Waals surface area contributed by atoms with E-state index in [1.807, 2.05) is 44.2 Å². The Morgan fingerprint density at radius 3 is 2.53 bits per heavy atom. The summed E-state index contributed by atoms with van der Waals surface area (Å²) < 4.78 is 11.1. The van der Waals surface area contributed by atoms with Gasteiger partial charge in [0.25, 0.3) is 0 Å². The van der Waals surface area contributed by atoms with Crippen LogP contribution >= 0.6 is 0 Å². The Labute approximate surface area is 114 Å². The van der Waals surface area contributed by atoms with E-state index < -0.39 is 5.60 Å². The van der Waals surface area contributed by atoms with Crippen LogP contribution in [-0.2, 0) is 5.60 Å². The number of benzene rings is 1. The van der Waals surface area contributed by atoms with E-state index in [1.54, 1.807) is 0 Å². The average molecular weight is 262 g/mol. The van der Waals surface area contributed by atoms with Crippen molar-refractivity contribution in [2.45, 2.75) is 38.7 Å². The van der Waals surface area contributed by atoms with Crippen LogP contribution in [0, 0.1) is 0 Å². The molecular formula is C16H22O3. The average Bonchev–Trinajstić information content (AvgIpc) is 2.42. The minimum atomic E-state index is -0.866. The van der Waals surface area contributed by atoms with E-state index in [9.17, 15) is 5.11 Å². The predicted molar refractivity (Wildman–Crippen MR) is 75.7 cm³/mol. The van der Waals surface area contributed by atoms with Gasteiger partial charge in [-0.1, -0.05) is 18.2 Å². The normalized spacial score (nSPS) is 22.3. The molecule has 1 unspecified atom stereocenters. The van der Waals surface area contributed by atoms with Crippen LogP contribution in [0.2, 0.25) is 0 Å². The number of rotatable bonds is 5. The summed E-state index contributed by atoms with van der Waals surface area (Å²) in [6, 6.07) is 5.69. The molecular weight excluding hydrogens is 240 g/mol. The molecule has 0 bridgehead atoms. The van der Waals surface area contributed by atoms with Crippen LogP contribution in [0.3, 0.4) is 0 Å². The lowest BCUT2D eigenvalue weighted by molar-refractivity contribution is 0.0722. The van der Waals surface area contributed by atoms with Gasteiger partial charge >= 0.3 is 0 Å². The summed E-state index contributed by atoms with van der Waals surface area (Å²) in [6.07, 6.45) is 6.73. The highest BCUT2D eigenvalue weighted by Crippen LogP contribution is 2.37. The largest absolute Gasteiger partial charge is 0.490 e. The first kappa shape index (κ1) is 13.9. The molecule has 1 N–H and O–H groups in total. The minimum Gasteiger partial charge on any atom is -0.490 e. The molecule has 1 aliphatic carbocycles. The van der Waals surface area contributed by atoms with Crippen molar-refractivity contribution in [3.8, 4) is 11.5 Å². The van der Waals surface area contributed by atoms with Gasteiger partial charge in [-0.25, -0.2) is 0 Å². The maximum absolute atomic E-state index is 10.7. The molecule has 0 aromatic heterocycles. The van der Waals surface area contributed by atoms with E-state index in [1.165, 1.54) is 0 Å². The number of hydrogen-bond acceptors (Lipinski definition) is 3. The lowest BCUT2D eigenvalue weighted by Crippen LogP contribution is -2.24. The molecule has 0 radical (unpaired) electrons. The zero-order chi connectivity index (χ0) is 13.7. The summed E-state index contributed by atoms with van der Waals surface area (Å²) in [6.45, 7) is 5.07. The summed E-state index contributed by atoms with van der Waals surface area (Å²) in [5, 5.41) is 10.7.